The Bertz CT molecular complexity index is 788. The zero-order valence-corrected chi connectivity index (χ0v) is 14.6. The maximum Gasteiger partial charge on any atom is 0.233 e. The molecule has 0 unspecified atom stereocenters. The number of nitrogens with zero attached hydrogens (tertiary/aromatic N) is 2. The molecular formula is C21H24N2O2. The zero-order valence-electron chi connectivity index (χ0n) is 14.6. The van der Waals surface area contributed by atoms with Crippen LogP contribution in [0.5, 0.6) is 0 Å². The number of hydrogen-bond acceptors (Lipinski definition) is 3. The summed E-state index contributed by atoms with van der Waals surface area (Å²) < 4.78 is 5.36. The third-order valence-corrected chi connectivity index (χ3v) is 7.02. The predicted octanol–water partition coefficient (Wildman–Crippen LogP) is 2.71. The van der Waals surface area contributed by atoms with Crippen LogP contribution in [0.1, 0.15) is 18.4 Å². The molecule has 1 aromatic rings. The second-order valence-electron chi connectivity index (χ2n) is 7.86. The monoisotopic (exact) mass is 336 g/mol. The highest BCUT2D eigenvalue weighted by molar-refractivity contribution is 6.00. The Hall–Kier alpha value is -1.91. The number of carbonyl (C=O) groups excluding carboxylic acids is 1. The largest absolute Gasteiger partial charge is 0.364 e. The van der Waals surface area contributed by atoms with Gasteiger partial charge in [0.15, 0.2) is 0 Å². The van der Waals surface area contributed by atoms with Gasteiger partial charge in [-0.3, -0.25) is 14.6 Å². The van der Waals surface area contributed by atoms with E-state index in [0.717, 1.165) is 31.6 Å². The third kappa shape index (κ3) is 1.67. The predicted molar refractivity (Wildman–Crippen MR) is 97.3 cm³/mol. The molecular weight excluding hydrogens is 312 g/mol. The fraction of sp³-hybridized carbons (Fsp3) is 0.476. The molecule has 0 aromatic heterocycles. The van der Waals surface area contributed by atoms with Gasteiger partial charge in [0.1, 0.15) is 6.73 Å². The fourth-order valence-corrected chi connectivity index (χ4v) is 6.23. The first-order valence-corrected chi connectivity index (χ1v) is 9.13. The quantitative estimate of drug-likeness (QED) is 0.796. The highest BCUT2D eigenvalue weighted by atomic mass is 16.5. The number of anilines is 1. The van der Waals surface area contributed by atoms with Crippen LogP contribution in [0.4, 0.5) is 5.69 Å². The fourth-order valence-electron chi connectivity index (χ4n) is 6.23. The number of benzene rings is 1. The van der Waals surface area contributed by atoms with Crippen molar-refractivity contribution in [1.82, 2.24) is 4.90 Å². The summed E-state index contributed by atoms with van der Waals surface area (Å²) in [6.07, 6.45) is 8.58. The minimum absolute atomic E-state index is 0.00620. The second-order valence-corrected chi connectivity index (χ2v) is 7.86. The van der Waals surface area contributed by atoms with Crippen molar-refractivity contribution in [2.24, 2.45) is 11.3 Å². The van der Waals surface area contributed by atoms with E-state index in [1.54, 1.807) is 7.11 Å². The van der Waals surface area contributed by atoms with Crippen LogP contribution in [-0.2, 0) is 14.9 Å². The molecule has 4 atom stereocenters. The van der Waals surface area contributed by atoms with Gasteiger partial charge in [0.25, 0.3) is 0 Å². The minimum Gasteiger partial charge on any atom is -0.364 e. The van der Waals surface area contributed by atoms with Crippen LogP contribution in [0, 0.1) is 11.3 Å². The van der Waals surface area contributed by atoms with E-state index in [1.807, 2.05) is 11.0 Å². The van der Waals surface area contributed by atoms with E-state index in [9.17, 15) is 4.79 Å². The Balaban J connectivity index is 1.77. The summed E-state index contributed by atoms with van der Waals surface area (Å²) >= 11 is 0. The number of rotatable bonds is 3. The Kier molecular flexibility index (Phi) is 3.10. The van der Waals surface area contributed by atoms with E-state index in [0.29, 0.717) is 12.8 Å². The van der Waals surface area contributed by atoms with Gasteiger partial charge >= 0.3 is 0 Å². The topological polar surface area (TPSA) is 32.8 Å². The molecule has 0 bridgehead atoms. The molecule has 1 aliphatic carbocycles. The van der Waals surface area contributed by atoms with Crippen LogP contribution < -0.4 is 4.90 Å². The Morgan fingerprint density at radius 1 is 1.40 bits per heavy atom. The van der Waals surface area contributed by atoms with Crippen molar-refractivity contribution in [3.8, 4) is 0 Å². The molecule has 1 saturated carbocycles. The van der Waals surface area contributed by atoms with E-state index >= 15 is 0 Å². The van der Waals surface area contributed by atoms with Gasteiger partial charge < -0.3 is 4.74 Å². The lowest BCUT2D eigenvalue weighted by Gasteiger charge is -2.47. The highest BCUT2D eigenvalue weighted by Gasteiger charge is 2.70. The molecule has 5 rings (SSSR count). The van der Waals surface area contributed by atoms with E-state index in [-0.39, 0.29) is 22.7 Å². The van der Waals surface area contributed by atoms with Crippen molar-refractivity contribution in [1.29, 1.82) is 0 Å². The molecule has 130 valence electrons. The number of carbonyl (C=O) groups is 1. The zero-order chi connectivity index (χ0) is 17.2. The van der Waals surface area contributed by atoms with Gasteiger partial charge in [-0.2, -0.15) is 0 Å². The van der Waals surface area contributed by atoms with E-state index in [1.165, 1.54) is 5.56 Å². The maximum atomic E-state index is 13.5. The molecule has 0 N–H and O–H groups in total. The first kappa shape index (κ1) is 15.4. The van der Waals surface area contributed by atoms with Crippen LogP contribution in [0.25, 0.3) is 0 Å². The molecule has 1 amide bonds. The lowest BCUT2D eigenvalue weighted by molar-refractivity contribution is -0.125. The molecule has 4 heteroatoms. The number of fused-ring (bicyclic) bond motifs is 1. The molecule has 3 aliphatic heterocycles. The molecule has 25 heavy (non-hydrogen) atoms. The van der Waals surface area contributed by atoms with Gasteiger partial charge in [-0.25, -0.2) is 0 Å². The van der Waals surface area contributed by atoms with Crippen LogP contribution in [-0.4, -0.2) is 43.8 Å². The number of methoxy groups -OCH3 is 1. The second kappa shape index (κ2) is 5.05. The van der Waals surface area contributed by atoms with Crippen molar-refractivity contribution in [3.63, 3.8) is 0 Å². The normalized spacial score (nSPS) is 38.4. The van der Waals surface area contributed by atoms with Crippen molar-refractivity contribution >= 4 is 11.6 Å². The van der Waals surface area contributed by atoms with Gasteiger partial charge in [0.2, 0.25) is 5.91 Å². The lowest BCUT2D eigenvalue weighted by Crippen LogP contribution is -2.55. The summed E-state index contributed by atoms with van der Waals surface area (Å²) in [5.41, 5.74) is 2.15. The van der Waals surface area contributed by atoms with Crippen molar-refractivity contribution < 1.29 is 9.53 Å². The van der Waals surface area contributed by atoms with Crippen LogP contribution in [0.15, 0.2) is 49.1 Å². The average Bonchev–Trinajstić information content (AvgIpc) is 3.18. The summed E-state index contributed by atoms with van der Waals surface area (Å²) in [6.45, 7) is 6.52. The third-order valence-electron chi connectivity index (χ3n) is 7.02. The molecule has 3 heterocycles. The molecule has 4 aliphatic rings. The highest BCUT2D eigenvalue weighted by Crippen LogP contribution is 2.66. The minimum atomic E-state index is -0.106. The van der Waals surface area contributed by atoms with Crippen molar-refractivity contribution in [2.75, 3.05) is 31.8 Å². The Labute approximate surface area is 148 Å². The van der Waals surface area contributed by atoms with Gasteiger partial charge in [0.05, 0.1) is 5.92 Å². The Morgan fingerprint density at radius 3 is 3.04 bits per heavy atom. The van der Waals surface area contributed by atoms with Crippen LogP contribution in [0.2, 0.25) is 0 Å². The Morgan fingerprint density at radius 2 is 2.24 bits per heavy atom. The van der Waals surface area contributed by atoms with Crippen molar-refractivity contribution in [3.05, 3.63) is 54.6 Å². The van der Waals surface area contributed by atoms with Crippen LogP contribution in [0.3, 0.4) is 0 Å². The molecule has 1 aromatic carbocycles. The summed E-state index contributed by atoms with van der Waals surface area (Å²) in [7, 11) is 1.65. The SMILES string of the molecule is C=C[C@]12C=CCN3CC[C@@]4(c5ccccc5N(COC)C(=O)[C@@H]4C1)[C@@H]32. The average molecular weight is 336 g/mol. The summed E-state index contributed by atoms with van der Waals surface area (Å²) in [5.74, 6) is 0.208. The summed E-state index contributed by atoms with van der Waals surface area (Å²) in [5, 5.41) is 0. The van der Waals surface area contributed by atoms with Gasteiger partial charge in [-0.15, -0.1) is 6.58 Å². The number of hydrogen-bond donors (Lipinski definition) is 0. The lowest BCUT2D eigenvalue weighted by atomic mass is 9.65. The standard InChI is InChI=1S/C21H24N2O2/c1-3-20-9-6-11-22-12-10-21(19(20)22)15-7-4-5-8-17(15)23(14-25-2)18(24)16(21)13-20/h3-9,16,19H,1,10-14H2,2H3/t16-,19-,20-,21-/m0/s1. The van der Waals surface area contributed by atoms with E-state index in [4.69, 9.17) is 4.74 Å². The van der Waals surface area contributed by atoms with Gasteiger partial charge in [0, 0.05) is 36.2 Å². The first-order valence-electron chi connectivity index (χ1n) is 9.13. The number of para-hydroxylation sites is 1. The summed E-state index contributed by atoms with van der Waals surface area (Å²) in [4.78, 5) is 17.9. The van der Waals surface area contributed by atoms with E-state index in [2.05, 4.69) is 47.9 Å². The molecule has 4 nitrogen and oxygen atoms in total. The first-order chi connectivity index (χ1) is 12.2. The molecule has 0 radical (unpaired) electrons. The maximum absolute atomic E-state index is 13.5. The smallest absolute Gasteiger partial charge is 0.233 e. The molecule has 2 fully saturated rings. The molecule has 1 spiro atoms. The number of ether oxygens (including phenoxy) is 1. The van der Waals surface area contributed by atoms with Crippen LogP contribution >= 0.6 is 0 Å². The number of amides is 1. The summed E-state index contributed by atoms with van der Waals surface area (Å²) in [6, 6.07) is 8.78. The van der Waals surface area contributed by atoms with Gasteiger partial charge in [-0.05, 0) is 31.0 Å². The van der Waals surface area contributed by atoms with Crippen molar-refractivity contribution in [2.45, 2.75) is 24.3 Å². The van der Waals surface area contributed by atoms with E-state index < -0.39 is 0 Å². The van der Waals surface area contributed by atoms with Gasteiger partial charge in [-0.1, -0.05) is 36.4 Å². The molecule has 1 saturated heterocycles.